The maximum absolute atomic E-state index is 11.7. The van der Waals surface area contributed by atoms with Gasteiger partial charge >= 0.3 is 0 Å². The summed E-state index contributed by atoms with van der Waals surface area (Å²) in [5, 5.41) is 6.87. The Morgan fingerprint density at radius 3 is 3.12 bits per heavy atom. The van der Waals surface area contributed by atoms with E-state index in [0.29, 0.717) is 24.3 Å². The van der Waals surface area contributed by atoms with E-state index in [-0.39, 0.29) is 11.9 Å². The number of carbonyl (C=O) groups is 1. The van der Waals surface area contributed by atoms with Gasteiger partial charge < -0.3 is 11.1 Å². The van der Waals surface area contributed by atoms with Crippen molar-refractivity contribution in [2.45, 2.75) is 25.8 Å². The van der Waals surface area contributed by atoms with E-state index in [0.717, 1.165) is 0 Å². The van der Waals surface area contributed by atoms with Crippen molar-refractivity contribution in [3.63, 3.8) is 0 Å². The predicted octanol–water partition coefficient (Wildman–Crippen LogP) is 0.795. The predicted molar refractivity (Wildman–Crippen MR) is 64.5 cm³/mol. The van der Waals surface area contributed by atoms with Gasteiger partial charge in [-0.1, -0.05) is 0 Å². The summed E-state index contributed by atoms with van der Waals surface area (Å²) < 4.78 is 1.59. The van der Waals surface area contributed by atoms with Crippen LogP contribution in [0.4, 0.5) is 5.82 Å². The lowest BCUT2D eigenvalue weighted by molar-refractivity contribution is -0.116. The van der Waals surface area contributed by atoms with Crippen LogP contribution in [0.1, 0.15) is 19.8 Å². The molecule has 2 aromatic heterocycles. The normalized spacial score (nSPS) is 12.6. The van der Waals surface area contributed by atoms with E-state index in [9.17, 15) is 4.79 Å². The highest BCUT2D eigenvalue weighted by atomic mass is 16.1. The molecule has 0 aliphatic carbocycles. The molecule has 17 heavy (non-hydrogen) atoms. The van der Waals surface area contributed by atoms with Crippen molar-refractivity contribution < 1.29 is 4.79 Å². The first-order valence-electron chi connectivity index (χ1n) is 5.51. The van der Waals surface area contributed by atoms with Gasteiger partial charge in [0, 0.05) is 24.7 Å². The lowest BCUT2D eigenvalue weighted by Gasteiger charge is -2.07. The summed E-state index contributed by atoms with van der Waals surface area (Å²) >= 11 is 0. The Morgan fingerprint density at radius 2 is 2.35 bits per heavy atom. The summed E-state index contributed by atoms with van der Waals surface area (Å²) in [7, 11) is 0. The van der Waals surface area contributed by atoms with Gasteiger partial charge in [-0.3, -0.25) is 4.79 Å². The summed E-state index contributed by atoms with van der Waals surface area (Å²) in [5.74, 6) is 0.556. The van der Waals surface area contributed by atoms with Crippen molar-refractivity contribution in [3.8, 4) is 0 Å². The van der Waals surface area contributed by atoms with Gasteiger partial charge in [0.05, 0.1) is 6.20 Å². The summed E-state index contributed by atoms with van der Waals surface area (Å²) in [6.45, 7) is 1.88. The first-order valence-corrected chi connectivity index (χ1v) is 5.51. The molecule has 0 aliphatic heterocycles. The van der Waals surface area contributed by atoms with E-state index >= 15 is 0 Å². The van der Waals surface area contributed by atoms with E-state index in [4.69, 9.17) is 5.73 Å². The molecule has 0 saturated heterocycles. The molecule has 2 heterocycles. The zero-order valence-corrected chi connectivity index (χ0v) is 9.63. The third-order valence-corrected chi connectivity index (χ3v) is 2.38. The Kier molecular flexibility index (Phi) is 3.34. The molecule has 0 saturated carbocycles. The molecule has 2 aromatic rings. The first-order chi connectivity index (χ1) is 8.16. The van der Waals surface area contributed by atoms with Gasteiger partial charge in [0.1, 0.15) is 5.82 Å². The Hall–Kier alpha value is -1.95. The zero-order valence-electron chi connectivity index (χ0n) is 9.63. The maximum atomic E-state index is 11.7. The fraction of sp³-hybridized carbons (Fsp3) is 0.364. The molecule has 0 spiro atoms. The van der Waals surface area contributed by atoms with Crippen molar-refractivity contribution in [1.29, 1.82) is 0 Å². The minimum absolute atomic E-state index is 0.0305. The largest absolute Gasteiger partial charge is 0.328 e. The van der Waals surface area contributed by atoms with Gasteiger partial charge in [0.15, 0.2) is 5.65 Å². The highest BCUT2D eigenvalue weighted by Crippen LogP contribution is 2.09. The third-order valence-electron chi connectivity index (χ3n) is 2.38. The molecule has 0 radical (unpaired) electrons. The van der Waals surface area contributed by atoms with Crippen LogP contribution in [0.2, 0.25) is 0 Å². The van der Waals surface area contributed by atoms with E-state index in [2.05, 4.69) is 15.4 Å². The maximum Gasteiger partial charge on any atom is 0.225 e. The van der Waals surface area contributed by atoms with E-state index in [1.54, 1.807) is 29.0 Å². The monoisotopic (exact) mass is 233 g/mol. The molecule has 6 heteroatoms. The lowest BCUT2D eigenvalue weighted by atomic mass is 10.2. The number of hydrogen-bond donors (Lipinski definition) is 2. The van der Waals surface area contributed by atoms with Gasteiger partial charge in [0.2, 0.25) is 5.91 Å². The second-order valence-electron chi connectivity index (χ2n) is 4.00. The molecule has 1 amide bonds. The van der Waals surface area contributed by atoms with Crippen LogP contribution < -0.4 is 11.1 Å². The number of anilines is 1. The number of fused-ring (bicyclic) bond motifs is 1. The summed E-state index contributed by atoms with van der Waals surface area (Å²) in [6.07, 6.45) is 4.35. The number of rotatable bonds is 4. The van der Waals surface area contributed by atoms with Crippen LogP contribution in [0.15, 0.2) is 24.5 Å². The second-order valence-corrected chi connectivity index (χ2v) is 4.00. The third kappa shape index (κ3) is 2.79. The molecule has 90 valence electrons. The van der Waals surface area contributed by atoms with Crippen LogP contribution >= 0.6 is 0 Å². The number of amides is 1. The topological polar surface area (TPSA) is 85.3 Å². The highest BCUT2D eigenvalue weighted by Gasteiger charge is 2.07. The Morgan fingerprint density at radius 1 is 1.53 bits per heavy atom. The number of nitrogens with zero attached hydrogens (tertiary/aromatic N) is 3. The number of nitrogens with two attached hydrogens (primary N) is 1. The van der Waals surface area contributed by atoms with Gasteiger partial charge in [-0.05, 0) is 19.4 Å². The fourth-order valence-electron chi connectivity index (χ4n) is 1.49. The number of aromatic nitrogens is 3. The molecule has 0 bridgehead atoms. The van der Waals surface area contributed by atoms with Crippen LogP contribution in [0.25, 0.3) is 5.65 Å². The van der Waals surface area contributed by atoms with Crippen LogP contribution in [0, 0.1) is 0 Å². The quantitative estimate of drug-likeness (QED) is 0.817. The number of hydrogen-bond acceptors (Lipinski definition) is 4. The molecule has 0 aliphatic rings. The first kappa shape index (κ1) is 11.5. The number of nitrogens with one attached hydrogen (secondary N) is 1. The average Bonchev–Trinajstić information content (AvgIpc) is 2.75. The van der Waals surface area contributed by atoms with Gasteiger partial charge in [-0.15, -0.1) is 0 Å². The van der Waals surface area contributed by atoms with E-state index < -0.39 is 0 Å². The summed E-state index contributed by atoms with van der Waals surface area (Å²) in [4.78, 5) is 15.8. The van der Waals surface area contributed by atoms with Gasteiger partial charge in [-0.25, -0.2) is 4.98 Å². The smallest absolute Gasteiger partial charge is 0.225 e. The Bertz CT molecular complexity index is 519. The fourth-order valence-corrected chi connectivity index (χ4v) is 1.49. The summed E-state index contributed by atoms with van der Waals surface area (Å²) in [5.41, 5.74) is 6.30. The molecule has 0 aromatic carbocycles. The van der Waals surface area contributed by atoms with Crippen LogP contribution in [0.3, 0.4) is 0 Å². The van der Waals surface area contributed by atoms with Crippen molar-refractivity contribution in [2.75, 3.05) is 5.32 Å². The minimum atomic E-state index is -0.0645. The highest BCUT2D eigenvalue weighted by molar-refractivity contribution is 5.90. The molecular weight excluding hydrogens is 218 g/mol. The SMILES string of the molecule is CC(N)CCC(=O)Nc1ccnc2ccnn12. The lowest BCUT2D eigenvalue weighted by Crippen LogP contribution is -2.20. The molecular formula is C11H15N5O. The Labute approximate surface area is 98.8 Å². The van der Waals surface area contributed by atoms with E-state index in [1.807, 2.05) is 6.92 Å². The average molecular weight is 233 g/mol. The van der Waals surface area contributed by atoms with Crippen molar-refractivity contribution in [1.82, 2.24) is 14.6 Å². The van der Waals surface area contributed by atoms with Crippen LogP contribution in [-0.2, 0) is 4.79 Å². The molecule has 0 fully saturated rings. The van der Waals surface area contributed by atoms with Crippen LogP contribution in [0.5, 0.6) is 0 Å². The zero-order chi connectivity index (χ0) is 12.3. The number of carbonyl (C=O) groups excluding carboxylic acids is 1. The van der Waals surface area contributed by atoms with Gasteiger partial charge in [-0.2, -0.15) is 9.61 Å². The van der Waals surface area contributed by atoms with Crippen molar-refractivity contribution in [2.24, 2.45) is 5.73 Å². The standard InChI is InChI=1S/C11H15N5O/c1-8(12)2-3-11(17)15-10-4-6-13-9-5-7-14-16(9)10/h4-8H,2-3,12H2,1H3,(H,15,17). The van der Waals surface area contributed by atoms with Crippen molar-refractivity contribution in [3.05, 3.63) is 24.5 Å². The molecule has 1 unspecified atom stereocenters. The second kappa shape index (κ2) is 4.92. The van der Waals surface area contributed by atoms with Gasteiger partial charge in [0.25, 0.3) is 0 Å². The Balaban J connectivity index is 2.08. The summed E-state index contributed by atoms with van der Waals surface area (Å²) in [6, 6.07) is 3.52. The van der Waals surface area contributed by atoms with E-state index in [1.165, 1.54) is 0 Å². The van der Waals surface area contributed by atoms with Crippen molar-refractivity contribution >= 4 is 17.4 Å². The molecule has 1 atom stereocenters. The molecule has 6 nitrogen and oxygen atoms in total. The molecule has 2 rings (SSSR count). The minimum Gasteiger partial charge on any atom is -0.328 e. The van der Waals surface area contributed by atoms with Crippen LogP contribution in [-0.4, -0.2) is 26.5 Å². The molecule has 3 N–H and O–H groups in total.